The highest BCUT2D eigenvalue weighted by Gasteiger charge is 2.09. The van der Waals surface area contributed by atoms with Crippen molar-refractivity contribution in [2.75, 3.05) is 37.0 Å². The molecule has 0 saturated heterocycles. The summed E-state index contributed by atoms with van der Waals surface area (Å²) in [6.45, 7) is 6.26. The van der Waals surface area contributed by atoms with Crippen LogP contribution in [0, 0.1) is 0 Å². The fraction of sp³-hybridized carbons (Fsp3) is 0.400. The summed E-state index contributed by atoms with van der Waals surface area (Å²) in [5, 5.41) is 0.205. The Hall–Kier alpha value is -1.88. The van der Waals surface area contributed by atoms with Crippen molar-refractivity contribution in [3.05, 3.63) is 29.5 Å². The largest absolute Gasteiger partial charge is 0.372 e. The Morgan fingerprint density at radius 2 is 1.57 bits per heavy atom. The van der Waals surface area contributed by atoms with Crippen molar-refractivity contribution >= 4 is 23.2 Å². The van der Waals surface area contributed by atoms with Gasteiger partial charge in [-0.1, -0.05) is 0 Å². The molecular formula is C15H20ClN5. The lowest BCUT2D eigenvalue weighted by atomic mass is 10.2. The molecule has 1 aromatic heterocycles. The number of rotatable bonds is 5. The maximum atomic E-state index is 5.97. The van der Waals surface area contributed by atoms with Gasteiger partial charge in [-0.05, 0) is 49.7 Å². The van der Waals surface area contributed by atoms with Crippen LogP contribution in [0.15, 0.2) is 24.3 Å². The third-order valence-corrected chi connectivity index (χ3v) is 3.42. The highest BCUT2D eigenvalue weighted by molar-refractivity contribution is 6.28. The molecule has 0 saturated carbocycles. The summed E-state index contributed by atoms with van der Waals surface area (Å²) in [5.74, 6) is 1.14. The minimum absolute atomic E-state index is 0.205. The van der Waals surface area contributed by atoms with E-state index in [0.717, 1.165) is 18.7 Å². The Morgan fingerprint density at radius 3 is 2.10 bits per heavy atom. The van der Waals surface area contributed by atoms with Gasteiger partial charge in [0.1, 0.15) is 0 Å². The molecule has 2 rings (SSSR count). The van der Waals surface area contributed by atoms with Crippen molar-refractivity contribution in [1.29, 1.82) is 0 Å². The van der Waals surface area contributed by atoms with Crippen LogP contribution in [-0.4, -0.2) is 42.1 Å². The van der Waals surface area contributed by atoms with Crippen LogP contribution in [0.25, 0.3) is 11.4 Å². The molecule has 1 heterocycles. The van der Waals surface area contributed by atoms with Crippen LogP contribution in [0.1, 0.15) is 13.8 Å². The van der Waals surface area contributed by atoms with Crippen molar-refractivity contribution in [2.45, 2.75) is 13.8 Å². The smallest absolute Gasteiger partial charge is 0.229 e. The quantitative estimate of drug-likeness (QED) is 0.849. The van der Waals surface area contributed by atoms with E-state index in [4.69, 9.17) is 11.6 Å². The van der Waals surface area contributed by atoms with E-state index >= 15 is 0 Å². The normalized spacial score (nSPS) is 10.5. The summed E-state index contributed by atoms with van der Waals surface area (Å²) < 4.78 is 0. The van der Waals surface area contributed by atoms with Gasteiger partial charge in [-0.15, -0.1) is 0 Å². The monoisotopic (exact) mass is 305 g/mol. The van der Waals surface area contributed by atoms with Gasteiger partial charge < -0.3 is 9.80 Å². The van der Waals surface area contributed by atoms with E-state index in [-0.39, 0.29) is 5.28 Å². The molecule has 0 aliphatic rings. The minimum Gasteiger partial charge on any atom is -0.372 e. The van der Waals surface area contributed by atoms with E-state index < -0.39 is 0 Å². The first-order chi connectivity index (χ1) is 10.0. The van der Waals surface area contributed by atoms with Crippen LogP contribution in [0.3, 0.4) is 0 Å². The third kappa shape index (κ3) is 3.61. The fourth-order valence-corrected chi connectivity index (χ4v) is 2.23. The second kappa shape index (κ2) is 6.72. The molecule has 0 radical (unpaired) electrons. The summed E-state index contributed by atoms with van der Waals surface area (Å²) in [4.78, 5) is 16.8. The van der Waals surface area contributed by atoms with E-state index in [1.807, 2.05) is 26.2 Å². The van der Waals surface area contributed by atoms with Crippen molar-refractivity contribution in [1.82, 2.24) is 15.0 Å². The highest BCUT2D eigenvalue weighted by Crippen LogP contribution is 2.22. The van der Waals surface area contributed by atoms with E-state index in [1.54, 1.807) is 4.90 Å². The average molecular weight is 306 g/mol. The van der Waals surface area contributed by atoms with Crippen LogP contribution < -0.4 is 9.80 Å². The SMILES string of the molecule is CCN(CC)c1ccc(-c2nc(Cl)nc(N(C)C)n2)cc1. The summed E-state index contributed by atoms with van der Waals surface area (Å²) in [6.07, 6.45) is 0. The van der Waals surface area contributed by atoms with E-state index in [2.05, 4.69) is 45.8 Å². The van der Waals surface area contributed by atoms with Gasteiger partial charge in [0.05, 0.1) is 0 Å². The first-order valence-electron chi connectivity index (χ1n) is 6.99. The Kier molecular flexibility index (Phi) is 4.96. The summed E-state index contributed by atoms with van der Waals surface area (Å²) in [5.41, 5.74) is 2.12. The molecule has 0 bridgehead atoms. The lowest BCUT2D eigenvalue weighted by Crippen LogP contribution is -2.21. The molecule has 0 amide bonds. The van der Waals surface area contributed by atoms with E-state index in [9.17, 15) is 0 Å². The van der Waals surface area contributed by atoms with E-state index in [1.165, 1.54) is 5.69 Å². The molecule has 0 aliphatic carbocycles. The first kappa shape index (κ1) is 15.5. The molecule has 2 aromatic rings. The molecule has 6 heteroatoms. The molecule has 0 fully saturated rings. The van der Waals surface area contributed by atoms with Gasteiger partial charge in [0, 0.05) is 38.4 Å². The molecule has 5 nitrogen and oxygen atoms in total. The second-order valence-electron chi connectivity index (χ2n) is 4.84. The summed E-state index contributed by atoms with van der Waals surface area (Å²) in [6, 6.07) is 8.18. The summed E-state index contributed by atoms with van der Waals surface area (Å²) >= 11 is 5.97. The standard InChI is InChI=1S/C15H20ClN5/c1-5-21(6-2)12-9-7-11(8-10-12)13-17-14(16)19-15(18-13)20(3)4/h7-10H,5-6H2,1-4H3. The zero-order chi connectivity index (χ0) is 15.4. The lowest BCUT2D eigenvalue weighted by molar-refractivity contribution is 0.866. The zero-order valence-electron chi connectivity index (χ0n) is 12.8. The zero-order valence-corrected chi connectivity index (χ0v) is 13.6. The Bertz CT molecular complexity index is 594. The topological polar surface area (TPSA) is 45.2 Å². The number of halogens is 1. The lowest BCUT2D eigenvalue weighted by Gasteiger charge is -2.21. The van der Waals surface area contributed by atoms with Crippen LogP contribution in [0.5, 0.6) is 0 Å². The van der Waals surface area contributed by atoms with Gasteiger partial charge >= 0.3 is 0 Å². The predicted octanol–water partition coefficient (Wildman–Crippen LogP) is 3.10. The van der Waals surface area contributed by atoms with Gasteiger partial charge in [-0.25, -0.2) is 0 Å². The molecule has 1 aromatic carbocycles. The van der Waals surface area contributed by atoms with Crippen molar-refractivity contribution in [3.8, 4) is 11.4 Å². The van der Waals surface area contributed by atoms with Gasteiger partial charge in [-0.3, -0.25) is 0 Å². The number of nitrogens with zero attached hydrogens (tertiary/aromatic N) is 5. The molecule has 0 unspecified atom stereocenters. The first-order valence-corrected chi connectivity index (χ1v) is 7.37. The van der Waals surface area contributed by atoms with Crippen LogP contribution >= 0.6 is 11.6 Å². The van der Waals surface area contributed by atoms with Crippen LogP contribution in [0.2, 0.25) is 5.28 Å². The van der Waals surface area contributed by atoms with Crippen LogP contribution in [0.4, 0.5) is 11.6 Å². The summed E-state index contributed by atoms with van der Waals surface area (Å²) in [7, 11) is 3.75. The molecule has 0 atom stereocenters. The van der Waals surface area contributed by atoms with Crippen LogP contribution in [-0.2, 0) is 0 Å². The average Bonchev–Trinajstić information content (AvgIpc) is 2.48. The maximum Gasteiger partial charge on any atom is 0.229 e. The van der Waals surface area contributed by atoms with Gasteiger partial charge in [-0.2, -0.15) is 15.0 Å². The van der Waals surface area contributed by atoms with Crippen molar-refractivity contribution < 1.29 is 0 Å². The minimum atomic E-state index is 0.205. The maximum absolute atomic E-state index is 5.97. The fourth-order valence-electron chi connectivity index (χ4n) is 2.08. The Morgan fingerprint density at radius 1 is 0.952 bits per heavy atom. The molecule has 112 valence electrons. The van der Waals surface area contributed by atoms with Gasteiger partial charge in [0.2, 0.25) is 11.2 Å². The van der Waals surface area contributed by atoms with Gasteiger partial charge in [0.25, 0.3) is 0 Å². The number of hydrogen-bond acceptors (Lipinski definition) is 5. The van der Waals surface area contributed by atoms with Gasteiger partial charge in [0.15, 0.2) is 5.82 Å². The molecule has 0 aliphatic heterocycles. The van der Waals surface area contributed by atoms with Crippen molar-refractivity contribution in [2.24, 2.45) is 0 Å². The van der Waals surface area contributed by atoms with E-state index in [0.29, 0.717) is 11.8 Å². The molecule has 21 heavy (non-hydrogen) atoms. The number of benzene rings is 1. The Balaban J connectivity index is 2.34. The molecule has 0 N–H and O–H groups in total. The molecule has 0 spiro atoms. The predicted molar refractivity (Wildman–Crippen MR) is 88.2 cm³/mol. The van der Waals surface area contributed by atoms with Crippen molar-refractivity contribution in [3.63, 3.8) is 0 Å². The second-order valence-corrected chi connectivity index (χ2v) is 5.18. The number of anilines is 2. The highest BCUT2D eigenvalue weighted by atomic mass is 35.5. The number of aromatic nitrogens is 3. The number of hydrogen-bond donors (Lipinski definition) is 0. The Labute approximate surface area is 130 Å². The third-order valence-electron chi connectivity index (χ3n) is 3.25. The molecular weight excluding hydrogens is 286 g/mol.